The number of aryl methyl sites for hydroxylation is 3. The Morgan fingerprint density at radius 1 is 1.11 bits per heavy atom. The van der Waals surface area contributed by atoms with Gasteiger partial charge in [-0.3, -0.25) is 4.72 Å². The van der Waals surface area contributed by atoms with Gasteiger partial charge in [-0.2, -0.15) is 0 Å². The van der Waals surface area contributed by atoms with E-state index in [-0.39, 0.29) is 5.75 Å². The molecule has 4 rings (SSSR count). The molecule has 8 heteroatoms. The van der Waals surface area contributed by atoms with Crippen LogP contribution in [0.15, 0.2) is 54.6 Å². The van der Waals surface area contributed by atoms with E-state index in [1.165, 1.54) is 0 Å². The Balaban J connectivity index is 1.80. The molecule has 1 atom stereocenters. The van der Waals surface area contributed by atoms with Crippen molar-refractivity contribution in [2.24, 2.45) is 0 Å². The van der Waals surface area contributed by atoms with Crippen LogP contribution in [0, 0.1) is 13.8 Å². The van der Waals surface area contributed by atoms with Crippen molar-refractivity contribution in [1.82, 2.24) is 0 Å². The Morgan fingerprint density at radius 2 is 1.87 bits per heavy atom. The normalized spacial score (nSPS) is 14.3. The summed E-state index contributed by atoms with van der Waals surface area (Å²) in [6.07, 6.45) is 0.474. The van der Waals surface area contributed by atoms with E-state index in [0.29, 0.717) is 29.0 Å². The third-order valence-corrected chi connectivity index (χ3v) is 7.51. The number of hydrogen-bond donors (Lipinski definition) is 2. The van der Waals surface area contributed by atoms with Gasteiger partial charge in [-0.25, -0.2) is 13.2 Å². The van der Waals surface area contributed by atoms with Gasteiger partial charge in [0.1, 0.15) is 5.75 Å². The lowest BCUT2D eigenvalue weighted by atomic mass is 9.89. The number of rotatable bonds is 8. The van der Waals surface area contributed by atoms with E-state index < -0.39 is 27.7 Å². The highest BCUT2D eigenvalue weighted by atomic mass is 32.2. The SMILES string of the molecule is Cc1cccc(CS(=O)(=O)Nc2cc(C)c(-c3ccc4c(c3)CCCO4)c(C(OC(C)(C)C)C(=O)O)c2)c1. The maximum absolute atomic E-state index is 13.1. The highest BCUT2D eigenvalue weighted by Gasteiger charge is 2.31. The number of carbonyl (C=O) groups is 1. The molecule has 7 nitrogen and oxygen atoms in total. The first-order valence-corrected chi connectivity index (χ1v) is 14.3. The zero-order valence-corrected chi connectivity index (χ0v) is 23.3. The van der Waals surface area contributed by atoms with Crippen molar-refractivity contribution in [3.05, 3.63) is 82.4 Å². The lowest BCUT2D eigenvalue weighted by Gasteiger charge is -2.28. The molecule has 0 aromatic heterocycles. The van der Waals surface area contributed by atoms with Crippen LogP contribution < -0.4 is 9.46 Å². The molecule has 3 aromatic carbocycles. The molecule has 0 spiro atoms. The van der Waals surface area contributed by atoms with Crippen LogP contribution in [0.4, 0.5) is 5.69 Å². The van der Waals surface area contributed by atoms with Gasteiger partial charge in [0, 0.05) is 11.3 Å². The average Bonchev–Trinajstić information content (AvgIpc) is 2.80. The molecule has 0 radical (unpaired) electrons. The van der Waals surface area contributed by atoms with Gasteiger partial charge >= 0.3 is 5.97 Å². The van der Waals surface area contributed by atoms with E-state index in [1.54, 1.807) is 39.0 Å². The van der Waals surface area contributed by atoms with Crippen LogP contribution in [0.1, 0.15) is 61.1 Å². The van der Waals surface area contributed by atoms with Gasteiger partial charge < -0.3 is 14.6 Å². The fraction of sp³-hybridized carbons (Fsp3) is 0.367. The third-order valence-electron chi connectivity index (χ3n) is 6.25. The van der Waals surface area contributed by atoms with Gasteiger partial charge in [-0.05, 0) is 99.5 Å². The maximum atomic E-state index is 13.1. The number of hydrogen-bond acceptors (Lipinski definition) is 5. The van der Waals surface area contributed by atoms with Gasteiger partial charge in [0.25, 0.3) is 0 Å². The zero-order chi connectivity index (χ0) is 27.7. The summed E-state index contributed by atoms with van der Waals surface area (Å²) in [6, 6.07) is 16.5. The molecule has 202 valence electrons. The molecule has 0 bridgehead atoms. The predicted octanol–water partition coefficient (Wildman–Crippen LogP) is 6.18. The number of aliphatic carboxylic acids is 1. The first-order valence-electron chi connectivity index (χ1n) is 12.7. The smallest absolute Gasteiger partial charge is 0.337 e. The average molecular weight is 538 g/mol. The molecular formula is C30H35NO6S. The molecule has 1 aliphatic heterocycles. The molecule has 3 aromatic rings. The van der Waals surface area contributed by atoms with Crippen LogP contribution in [0.5, 0.6) is 5.75 Å². The quantitative estimate of drug-likeness (QED) is 0.356. The molecule has 0 saturated carbocycles. The minimum Gasteiger partial charge on any atom is -0.493 e. The number of fused-ring (bicyclic) bond motifs is 1. The molecule has 1 aliphatic rings. The Labute approximate surface area is 224 Å². The lowest BCUT2D eigenvalue weighted by Crippen LogP contribution is -2.28. The summed E-state index contributed by atoms with van der Waals surface area (Å²) in [6.45, 7) is 9.81. The highest BCUT2D eigenvalue weighted by Crippen LogP contribution is 2.40. The van der Waals surface area contributed by atoms with Crippen LogP contribution in [-0.4, -0.2) is 31.7 Å². The Morgan fingerprint density at radius 3 is 2.55 bits per heavy atom. The number of ether oxygens (including phenoxy) is 2. The fourth-order valence-electron chi connectivity index (χ4n) is 4.83. The van der Waals surface area contributed by atoms with Crippen LogP contribution >= 0.6 is 0 Å². The Hall–Kier alpha value is -3.36. The molecule has 1 unspecified atom stereocenters. The minimum absolute atomic E-state index is 0.198. The van der Waals surface area contributed by atoms with Gasteiger partial charge in [0.15, 0.2) is 6.10 Å². The number of benzene rings is 3. The van der Waals surface area contributed by atoms with E-state index in [4.69, 9.17) is 9.47 Å². The third kappa shape index (κ3) is 6.74. The summed E-state index contributed by atoms with van der Waals surface area (Å²) in [5, 5.41) is 10.2. The van der Waals surface area contributed by atoms with Gasteiger partial charge in [-0.15, -0.1) is 0 Å². The molecule has 0 fully saturated rings. The lowest BCUT2D eigenvalue weighted by molar-refractivity contribution is -0.160. The summed E-state index contributed by atoms with van der Waals surface area (Å²) in [5.74, 6) is -0.515. The van der Waals surface area contributed by atoms with Gasteiger partial charge in [-0.1, -0.05) is 35.9 Å². The van der Waals surface area contributed by atoms with Crippen molar-refractivity contribution in [3.63, 3.8) is 0 Å². The van der Waals surface area contributed by atoms with Crippen molar-refractivity contribution >= 4 is 21.7 Å². The topological polar surface area (TPSA) is 102 Å². The minimum atomic E-state index is -3.76. The largest absolute Gasteiger partial charge is 0.493 e. The van der Waals surface area contributed by atoms with E-state index in [0.717, 1.165) is 40.8 Å². The first-order chi connectivity index (χ1) is 17.8. The number of sulfonamides is 1. The standard InChI is InChI=1S/C30H35NO6S/c1-19-8-6-9-21(14-19)18-38(34,35)31-24-15-20(2)27(23-11-12-26-22(16-23)10-7-13-36-26)25(17-24)28(29(32)33)37-30(3,4)5/h6,8-9,11-12,14-17,28,31H,7,10,13,18H2,1-5H3,(H,32,33). The summed E-state index contributed by atoms with van der Waals surface area (Å²) < 4.78 is 40.6. The molecule has 0 amide bonds. The van der Waals surface area contributed by atoms with Crippen molar-refractivity contribution in [2.45, 2.75) is 64.9 Å². The molecular weight excluding hydrogens is 502 g/mol. The van der Waals surface area contributed by atoms with E-state index in [1.807, 2.05) is 50.2 Å². The van der Waals surface area contributed by atoms with E-state index in [9.17, 15) is 18.3 Å². The van der Waals surface area contributed by atoms with Crippen LogP contribution in [0.3, 0.4) is 0 Å². The number of carboxylic acid groups (broad SMARTS) is 1. The zero-order valence-electron chi connectivity index (χ0n) is 22.5. The Kier molecular flexibility index (Phi) is 7.85. The van der Waals surface area contributed by atoms with E-state index >= 15 is 0 Å². The summed E-state index contributed by atoms with van der Waals surface area (Å²) >= 11 is 0. The maximum Gasteiger partial charge on any atom is 0.337 e. The second-order valence-electron chi connectivity index (χ2n) is 10.8. The van der Waals surface area contributed by atoms with Crippen molar-refractivity contribution in [1.29, 1.82) is 0 Å². The van der Waals surface area contributed by atoms with Gasteiger partial charge in [0.2, 0.25) is 10.0 Å². The second-order valence-corrected chi connectivity index (χ2v) is 12.6. The van der Waals surface area contributed by atoms with Crippen molar-refractivity contribution < 1.29 is 27.8 Å². The van der Waals surface area contributed by atoms with Crippen LogP contribution in [-0.2, 0) is 31.7 Å². The first kappa shape index (κ1) is 27.7. The number of carboxylic acids is 1. The Bertz CT molecular complexity index is 1460. The monoisotopic (exact) mass is 537 g/mol. The number of anilines is 1. The fourth-order valence-corrected chi connectivity index (χ4v) is 6.00. The molecule has 38 heavy (non-hydrogen) atoms. The van der Waals surface area contributed by atoms with Crippen molar-refractivity contribution in [2.75, 3.05) is 11.3 Å². The van der Waals surface area contributed by atoms with Crippen molar-refractivity contribution in [3.8, 4) is 16.9 Å². The van der Waals surface area contributed by atoms with Crippen LogP contribution in [0.25, 0.3) is 11.1 Å². The highest BCUT2D eigenvalue weighted by molar-refractivity contribution is 7.91. The second kappa shape index (κ2) is 10.8. The predicted molar refractivity (Wildman–Crippen MR) is 149 cm³/mol. The molecule has 0 aliphatic carbocycles. The van der Waals surface area contributed by atoms with E-state index in [2.05, 4.69) is 4.72 Å². The summed E-state index contributed by atoms with van der Waals surface area (Å²) in [5.41, 5.74) is 4.90. The summed E-state index contributed by atoms with van der Waals surface area (Å²) in [4.78, 5) is 12.5. The molecule has 2 N–H and O–H groups in total. The summed E-state index contributed by atoms with van der Waals surface area (Å²) in [7, 11) is -3.76. The molecule has 1 heterocycles. The molecule has 0 saturated heterocycles. The number of nitrogens with one attached hydrogen (secondary N) is 1. The van der Waals surface area contributed by atoms with Gasteiger partial charge in [0.05, 0.1) is 18.0 Å². The van der Waals surface area contributed by atoms with Crippen LogP contribution in [0.2, 0.25) is 0 Å².